The summed E-state index contributed by atoms with van der Waals surface area (Å²) < 4.78 is 10.5. The second-order valence-corrected chi connectivity index (χ2v) is 5.72. The van der Waals surface area contributed by atoms with Crippen molar-refractivity contribution in [2.24, 2.45) is 0 Å². The Morgan fingerprint density at radius 1 is 1.37 bits per heavy atom. The number of esters is 2. The number of aryl methyl sites for hydroxylation is 1. The largest absolute Gasteiger partial charge is 0.460 e. The summed E-state index contributed by atoms with van der Waals surface area (Å²) in [5.41, 5.74) is 1.69. The fourth-order valence-corrected chi connectivity index (χ4v) is 2.18. The van der Waals surface area contributed by atoms with Crippen LogP contribution in [0.5, 0.6) is 0 Å². The van der Waals surface area contributed by atoms with Gasteiger partial charge >= 0.3 is 11.9 Å². The van der Waals surface area contributed by atoms with Crippen LogP contribution in [0.25, 0.3) is 0 Å². The first kappa shape index (κ1) is 13.6. The van der Waals surface area contributed by atoms with Crippen molar-refractivity contribution >= 4 is 11.9 Å². The highest BCUT2D eigenvalue weighted by atomic mass is 16.6. The van der Waals surface area contributed by atoms with Gasteiger partial charge in [-0.15, -0.1) is 0 Å². The third-order valence-electron chi connectivity index (χ3n) is 2.88. The maximum absolute atomic E-state index is 11.8. The summed E-state index contributed by atoms with van der Waals surface area (Å²) in [4.78, 5) is 23.6. The van der Waals surface area contributed by atoms with Crippen LogP contribution in [-0.4, -0.2) is 17.5 Å². The Morgan fingerprint density at radius 2 is 2.05 bits per heavy atom. The van der Waals surface area contributed by atoms with Gasteiger partial charge in [-0.3, -0.25) is 4.79 Å². The van der Waals surface area contributed by atoms with Gasteiger partial charge in [0, 0.05) is 5.56 Å². The SMILES string of the molecule is Cc1cccc2c1C(=O)OC2CC(=O)OC(C)(C)C. The van der Waals surface area contributed by atoms with E-state index in [1.807, 2.05) is 45.9 Å². The molecule has 4 nitrogen and oxygen atoms in total. The molecule has 0 N–H and O–H groups in total. The molecule has 0 saturated carbocycles. The number of fused-ring (bicyclic) bond motifs is 1. The normalized spacial score (nSPS) is 17.9. The quantitative estimate of drug-likeness (QED) is 0.769. The van der Waals surface area contributed by atoms with Crippen LogP contribution in [0.2, 0.25) is 0 Å². The summed E-state index contributed by atoms with van der Waals surface area (Å²) >= 11 is 0. The number of rotatable bonds is 2. The highest BCUT2D eigenvalue weighted by Gasteiger charge is 2.34. The lowest BCUT2D eigenvalue weighted by molar-refractivity contribution is -0.157. The minimum Gasteiger partial charge on any atom is -0.460 e. The van der Waals surface area contributed by atoms with Gasteiger partial charge in [0.25, 0.3) is 0 Å². The van der Waals surface area contributed by atoms with E-state index in [0.29, 0.717) is 5.56 Å². The Balaban J connectivity index is 2.16. The monoisotopic (exact) mass is 262 g/mol. The van der Waals surface area contributed by atoms with Crippen LogP contribution in [0, 0.1) is 6.92 Å². The molecule has 0 amide bonds. The fourth-order valence-electron chi connectivity index (χ4n) is 2.18. The van der Waals surface area contributed by atoms with Crippen LogP contribution in [0.4, 0.5) is 0 Å². The number of benzene rings is 1. The molecule has 102 valence electrons. The third kappa shape index (κ3) is 2.95. The first-order chi connectivity index (χ1) is 8.78. The summed E-state index contributed by atoms with van der Waals surface area (Å²) in [5.74, 6) is -0.721. The van der Waals surface area contributed by atoms with Crippen LogP contribution in [0.15, 0.2) is 18.2 Å². The van der Waals surface area contributed by atoms with Crippen molar-refractivity contribution in [3.05, 3.63) is 34.9 Å². The van der Waals surface area contributed by atoms with Gasteiger partial charge in [-0.05, 0) is 33.3 Å². The van der Waals surface area contributed by atoms with Gasteiger partial charge < -0.3 is 9.47 Å². The molecule has 0 fully saturated rings. The van der Waals surface area contributed by atoms with E-state index in [2.05, 4.69) is 0 Å². The molecule has 0 bridgehead atoms. The van der Waals surface area contributed by atoms with E-state index in [9.17, 15) is 9.59 Å². The van der Waals surface area contributed by atoms with Crippen LogP contribution >= 0.6 is 0 Å². The maximum Gasteiger partial charge on any atom is 0.339 e. The summed E-state index contributed by atoms with van der Waals surface area (Å²) in [7, 11) is 0. The summed E-state index contributed by atoms with van der Waals surface area (Å²) in [5, 5.41) is 0. The van der Waals surface area contributed by atoms with Gasteiger partial charge in [-0.1, -0.05) is 18.2 Å². The molecule has 1 unspecified atom stereocenters. The van der Waals surface area contributed by atoms with Crippen molar-refractivity contribution < 1.29 is 19.1 Å². The zero-order chi connectivity index (χ0) is 14.2. The fraction of sp³-hybridized carbons (Fsp3) is 0.467. The van der Waals surface area contributed by atoms with Gasteiger partial charge in [-0.2, -0.15) is 0 Å². The lowest BCUT2D eigenvalue weighted by atomic mass is 9.99. The second-order valence-electron chi connectivity index (χ2n) is 5.72. The molecule has 0 radical (unpaired) electrons. The van der Waals surface area contributed by atoms with Crippen LogP contribution in [0.1, 0.15) is 54.8 Å². The minimum atomic E-state index is -0.533. The first-order valence-corrected chi connectivity index (χ1v) is 6.30. The zero-order valence-electron chi connectivity index (χ0n) is 11.6. The highest BCUT2D eigenvalue weighted by molar-refractivity contribution is 5.96. The lowest BCUT2D eigenvalue weighted by Crippen LogP contribution is -2.25. The van der Waals surface area contributed by atoms with Gasteiger partial charge in [-0.25, -0.2) is 4.79 Å². The predicted octanol–water partition coefficient (Wildman–Crippen LogP) is 2.94. The number of carbonyl (C=O) groups is 2. The Bertz CT molecular complexity index is 525. The average Bonchev–Trinajstić information content (AvgIpc) is 2.54. The van der Waals surface area contributed by atoms with Crippen molar-refractivity contribution in [2.75, 3.05) is 0 Å². The Morgan fingerprint density at radius 3 is 2.68 bits per heavy atom. The van der Waals surface area contributed by atoms with Crippen molar-refractivity contribution in [1.29, 1.82) is 0 Å². The van der Waals surface area contributed by atoms with E-state index in [1.54, 1.807) is 0 Å². The molecular formula is C15H18O4. The van der Waals surface area contributed by atoms with E-state index < -0.39 is 11.7 Å². The number of cyclic esters (lactones) is 1. The Kier molecular flexibility index (Phi) is 3.35. The molecule has 1 aromatic rings. The topological polar surface area (TPSA) is 52.6 Å². The smallest absolute Gasteiger partial charge is 0.339 e. The first-order valence-electron chi connectivity index (χ1n) is 6.30. The summed E-state index contributed by atoms with van der Waals surface area (Å²) in [6, 6.07) is 5.54. The highest BCUT2D eigenvalue weighted by Crippen LogP contribution is 2.35. The molecule has 1 aliphatic heterocycles. The van der Waals surface area contributed by atoms with Crippen LogP contribution in [0.3, 0.4) is 0 Å². The minimum absolute atomic E-state index is 0.0550. The zero-order valence-corrected chi connectivity index (χ0v) is 11.6. The van der Waals surface area contributed by atoms with E-state index >= 15 is 0 Å². The summed E-state index contributed by atoms with van der Waals surface area (Å²) in [6.45, 7) is 7.28. The number of ether oxygens (including phenoxy) is 2. The molecule has 0 aromatic heterocycles. The number of carbonyl (C=O) groups excluding carboxylic acids is 2. The average molecular weight is 262 g/mol. The number of hydrogen-bond donors (Lipinski definition) is 0. The van der Waals surface area contributed by atoms with Crippen molar-refractivity contribution in [2.45, 2.75) is 45.8 Å². The standard InChI is InChI=1S/C15H18O4/c1-9-6-5-7-10-11(18-14(17)13(9)10)8-12(16)19-15(2,3)4/h5-7,11H,8H2,1-4H3. The third-order valence-corrected chi connectivity index (χ3v) is 2.88. The van der Waals surface area contributed by atoms with E-state index in [1.165, 1.54) is 0 Å². The van der Waals surface area contributed by atoms with Gasteiger partial charge in [0.2, 0.25) is 0 Å². The molecule has 1 atom stereocenters. The van der Waals surface area contributed by atoms with E-state index in [4.69, 9.17) is 9.47 Å². The van der Waals surface area contributed by atoms with Gasteiger partial charge in [0.05, 0.1) is 12.0 Å². The Labute approximate surface area is 112 Å². The van der Waals surface area contributed by atoms with Crippen molar-refractivity contribution in [1.82, 2.24) is 0 Å². The molecule has 19 heavy (non-hydrogen) atoms. The molecule has 0 spiro atoms. The Hall–Kier alpha value is -1.84. The second kappa shape index (κ2) is 4.68. The molecule has 0 aliphatic carbocycles. The van der Waals surface area contributed by atoms with E-state index in [0.717, 1.165) is 11.1 Å². The van der Waals surface area contributed by atoms with Crippen LogP contribution < -0.4 is 0 Å². The molecule has 1 heterocycles. The molecule has 1 aliphatic rings. The molecule has 0 saturated heterocycles. The van der Waals surface area contributed by atoms with Crippen molar-refractivity contribution in [3.63, 3.8) is 0 Å². The predicted molar refractivity (Wildman–Crippen MR) is 69.8 cm³/mol. The van der Waals surface area contributed by atoms with E-state index in [-0.39, 0.29) is 18.4 Å². The van der Waals surface area contributed by atoms with Crippen LogP contribution in [-0.2, 0) is 14.3 Å². The maximum atomic E-state index is 11.8. The van der Waals surface area contributed by atoms with Gasteiger partial charge in [0.15, 0.2) is 0 Å². The lowest BCUT2D eigenvalue weighted by Gasteiger charge is -2.20. The van der Waals surface area contributed by atoms with Crippen molar-refractivity contribution in [3.8, 4) is 0 Å². The molecule has 1 aromatic carbocycles. The number of hydrogen-bond acceptors (Lipinski definition) is 4. The molecular weight excluding hydrogens is 244 g/mol. The molecule has 4 heteroatoms. The summed E-state index contributed by atoms with van der Waals surface area (Å²) in [6.07, 6.45) is -0.475. The molecule has 2 rings (SSSR count). The van der Waals surface area contributed by atoms with Gasteiger partial charge in [0.1, 0.15) is 11.7 Å².